The number of carbonyl (C=O) groups excluding carboxylic acids is 2. The molecule has 162 valence electrons. The summed E-state index contributed by atoms with van der Waals surface area (Å²) in [6.07, 6.45) is 6.95. The van der Waals surface area contributed by atoms with Crippen LogP contribution in [0.15, 0.2) is 29.3 Å². The van der Waals surface area contributed by atoms with E-state index in [9.17, 15) is 14.4 Å². The molecule has 0 saturated carbocycles. The molecule has 2 aromatic heterocycles. The highest BCUT2D eigenvalue weighted by Crippen LogP contribution is 2.24. The number of carbonyl (C=O) groups is 2. The van der Waals surface area contributed by atoms with Gasteiger partial charge in [0.1, 0.15) is 5.56 Å². The number of rotatable bonds is 3. The van der Waals surface area contributed by atoms with Gasteiger partial charge in [-0.2, -0.15) is 0 Å². The minimum Gasteiger partial charge on any atom is -0.337 e. The molecule has 0 aliphatic carbocycles. The SMILES string of the molecule is O=C(CN1CCCC1)N1CCc2c(c[nH]c(=O)c2C(=O)N2CCc3ncccc3C2)C1. The van der Waals surface area contributed by atoms with Crippen molar-refractivity contribution in [1.29, 1.82) is 0 Å². The third kappa shape index (κ3) is 3.87. The van der Waals surface area contributed by atoms with Crippen LogP contribution in [0.2, 0.25) is 0 Å². The van der Waals surface area contributed by atoms with Gasteiger partial charge in [0.2, 0.25) is 5.91 Å². The second-order valence-electron chi connectivity index (χ2n) is 8.63. The quantitative estimate of drug-likeness (QED) is 0.797. The maximum absolute atomic E-state index is 13.3. The number of aromatic amines is 1. The third-order valence-electron chi connectivity index (χ3n) is 6.66. The Bertz CT molecular complexity index is 1070. The second kappa shape index (κ2) is 8.26. The van der Waals surface area contributed by atoms with Crippen molar-refractivity contribution in [3.05, 3.63) is 62.8 Å². The maximum atomic E-state index is 13.3. The summed E-state index contributed by atoms with van der Waals surface area (Å²) in [7, 11) is 0. The molecule has 8 nitrogen and oxygen atoms in total. The molecule has 5 heterocycles. The smallest absolute Gasteiger partial charge is 0.261 e. The van der Waals surface area contributed by atoms with Crippen molar-refractivity contribution in [3.8, 4) is 0 Å². The van der Waals surface area contributed by atoms with E-state index in [0.717, 1.165) is 48.3 Å². The molecule has 0 unspecified atom stereocenters. The van der Waals surface area contributed by atoms with Gasteiger partial charge in [-0.1, -0.05) is 6.07 Å². The fourth-order valence-electron chi connectivity index (χ4n) is 4.94. The van der Waals surface area contributed by atoms with Crippen LogP contribution in [0.5, 0.6) is 0 Å². The van der Waals surface area contributed by atoms with Gasteiger partial charge in [0.05, 0.1) is 6.54 Å². The molecule has 0 radical (unpaired) electrons. The van der Waals surface area contributed by atoms with Crippen LogP contribution in [0, 0.1) is 0 Å². The molecule has 0 spiro atoms. The summed E-state index contributed by atoms with van der Waals surface area (Å²) in [6, 6.07) is 3.86. The van der Waals surface area contributed by atoms with E-state index in [4.69, 9.17) is 0 Å². The number of H-pyrrole nitrogens is 1. The van der Waals surface area contributed by atoms with Gasteiger partial charge >= 0.3 is 0 Å². The highest BCUT2D eigenvalue weighted by molar-refractivity contribution is 5.96. The number of nitrogens with zero attached hydrogens (tertiary/aromatic N) is 4. The number of aromatic nitrogens is 2. The Morgan fingerprint density at radius 2 is 1.77 bits per heavy atom. The number of pyridine rings is 2. The first-order valence-corrected chi connectivity index (χ1v) is 11.1. The Labute approximate surface area is 180 Å². The van der Waals surface area contributed by atoms with Crippen molar-refractivity contribution < 1.29 is 9.59 Å². The highest BCUT2D eigenvalue weighted by Gasteiger charge is 2.31. The Balaban J connectivity index is 1.35. The minimum atomic E-state index is -0.349. The van der Waals surface area contributed by atoms with Gasteiger partial charge in [0.15, 0.2) is 0 Å². The van der Waals surface area contributed by atoms with Crippen LogP contribution in [-0.2, 0) is 30.7 Å². The van der Waals surface area contributed by atoms with E-state index in [1.807, 2.05) is 17.0 Å². The molecule has 8 heteroatoms. The summed E-state index contributed by atoms with van der Waals surface area (Å²) in [5.41, 5.74) is 3.58. The number of fused-ring (bicyclic) bond motifs is 2. The fraction of sp³-hybridized carbons (Fsp3) is 0.478. The number of hydrogen-bond acceptors (Lipinski definition) is 5. The number of nitrogens with one attached hydrogen (secondary N) is 1. The lowest BCUT2D eigenvalue weighted by molar-refractivity contribution is -0.133. The topological polar surface area (TPSA) is 89.6 Å². The van der Waals surface area contributed by atoms with Gasteiger partial charge in [0, 0.05) is 50.7 Å². The normalized spacial score (nSPS) is 18.6. The van der Waals surface area contributed by atoms with E-state index in [0.29, 0.717) is 45.6 Å². The zero-order chi connectivity index (χ0) is 21.4. The summed E-state index contributed by atoms with van der Waals surface area (Å²) < 4.78 is 0. The van der Waals surface area contributed by atoms with Gasteiger partial charge in [-0.25, -0.2) is 0 Å². The molecule has 1 saturated heterocycles. The van der Waals surface area contributed by atoms with E-state index < -0.39 is 0 Å². The molecule has 0 aromatic carbocycles. The number of hydrogen-bond donors (Lipinski definition) is 1. The predicted molar refractivity (Wildman–Crippen MR) is 115 cm³/mol. The van der Waals surface area contributed by atoms with Crippen molar-refractivity contribution in [2.75, 3.05) is 32.7 Å². The zero-order valence-corrected chi connectivity index (χ0v) is 17.6. The van der Waals surface area contributed by atoms with Crippen LogP contribution in [0.25, 0.3) is 0 Å². The van der Waals surface area contributed by atoms with Crippen LogP contribution >= 0.6 is 0 Å². The first-order valence-electron chi connectivity index (χ1n) is 11.1. The van der Waals surface area contributed by atoms with Crippen LogP contribution in [0.4, 0.5) is 0 Å². The van der Waals surface area contributed by atoms with Crippen LogP contribution < -0.4 is 5.56 Å². The Morgan fingerprint density at radius 1 is 1.00 bits per heavy atom. The van der Waals surface area contributed by atoms with Crippen molar-refractivity contribution >= 4 is 11.8 Å². The number of amides is 2. The molecule has 3 aliphatic rings. The predicted octanol–water partition coefficient (Wildman–Crippen LogP) is 0.949. The summed E-state index contributed by atoms with van der Waals surface area (Å²) in [5, 5.41) is 0. The molecule has 0 bridgehead atoms. The molecule has 2 amide bonds. The zero-order valence-electron chi connectivity index (χ0n) is 17.6. The van der Waals surface area contributed by atoms with Crippen molar-refractivity contribution in [1.82, 2.24) is 24.7 Å². The first kappa shape index (κ1) is 19.9. The highest BCUT2D eigenvalue weighted by atomic mass is 16.2. The van der Waals surface area contributed by atoms with Crippen LogP contribution in [0.1, 0.15) is 45.6 Å². The average Bonchev–Trinajstić information content (AvgIpc) is 3.31. The van der Waals surface area contributed by atoms with E-state index in [1.165, 1.54) is 0 Å². The van der Waals surface area contributed by atoms with Crippen molar-refractivity contribution in [2.24, 2.45) is 0 Å². The van der Waals surface area contributed by atoms with E-state index in [-0.39, 0.29) is 22.9 Å². The largest absolute Gasteiger partial charge is 0.337 e. The molecule has 0 atom stereocenters. The lowest BCUT2D eigenvalue weighted by Crippen LogP contribution is -2.44. The first-order chi connectivity index (χ1) is 15.1. The molecule has 2 aromatic rings. The summed E-state index contributed by atoms with van der Waals surface area (Å²) in [5.74, 6) is -0.115. The monoisotopic (exact) mass is 421 g/mol. The van der Waals surface area contributed by atoms with Gasteiger partial charge in [-0.3, -0.25) is 24.3 Å². The van der Waals surface area contributed by atoms with Gasteiger partial charge in [0.25, 0.3) is 11.5 Å². The minimum absolute atomic E-state index is 0.117. The summed E-state index contributed by atoms with van der Waals surface area (Å²) in [6.45, 7) is 4.40. The molecule has 1 N–H and O–H groups in total. The molecular weight excluding hydrogens is 394 g/mol. The lowest BCUT2D eigenvalue weighted by atomic mass is 9.95. The molecule has 31 heavy (non-hydrogen) atoms. The Hall–Kier alpha value is -3.00. The fourth-order valence-corrected chi connectivity index (χ4v) is 4.94. The molecular formula is C23H27N5O3. The van der Waals surface area contributed by atoms with Crippen molar-refractivity contribution in [3.63, 3.8) is 0 Å². The van der Waals surface area contributed by atoms with Gasteiger partial charge < -0.3 is 14.8 Å². The Kier molecular flexibility index (Phi) is 5.31. The van der Waals surface area contributed by atoms with E-state index >= 15 is 0 Å². The number of likely N-dealkylation sites (tertiary alicyclic amines) is 1. The van der Waals surface area contributed by atoms with Gasteiger partial charge in [-0.05, 0) is 55.1 Å². The molecule has 1 fully saturated rings. The molecule has 3 aliphatic heterocycles. The summed E-state index contributed by atoms with van der Waals surface area (Å²) in [4.78, 5) is 51.7. The second-order valence-corrected chi connectivity index (χ2v) is 8.63. The maximum Gasteiger partial charge on any atom is 0.261 e. The Morgan fingerprint density at radius 3 is 2.61 bits per heavy atom. The van der Waals surface area contributed by atoms with E-state index in [1.54, 1.807) is 17.3 Å². The van der Waals surface area contributed by atoms with Crippen LogP contribution in [0.3, 0.4) is 0 Å². The van der Waals surface area contributed by atoms with E-state index in [2.05, 4.69) is 14.9 Å². The molecule has 5 rings (SSSR count). The summed E-state index contributed by atoms with van der Waals surface area (Å²) >= 11 is 0. The van der Waals surface area contributed by atoms with Crippen LogP contribution in [-0.4, -0.2) is 69.2 Å². The third-order valence-corrected chi connectivity index (χ3v) is 6.66. The standard InChI is InChI=1S/C23H27N5O3/c29-20(15-26-8-1-2-9-26)27-10-5-18-17(14-27)12-25-22(30)21(18)23(31)28-11-6-19-16(13-28)4-3-7-24-19/h3-4,7,12H,1-2,5-6,8-11,13-15H2,(H,25,30). The van der Waals surface area contributed by atoms with Gasteiger partial charge in [-0.15, -0.1) is 0 Å². The lowest BCUT2D eigenvalue weighted by Gasteiger charge is -2.32. The average molecular weight is 422 g/mol. The van der Waals surface area contributed by atoms with Crippen molar-refractivity contribution in [2.45, 2.75) is 38.8 Å².